The van der Waals surface area contributed by atoms with Crippen molar-refractivity contribution in [2.24, 2.45) is 5.92 Å². The van der Waals surface area contributed by atoms with Gasteiger partial charge in [-0.1, -0.05) is 13.8 Å². The molecule has 2 atom stereocenters. The Balaban J connectivity index is 2.41. The molecule has 2 N–H and O–H groups in total. The first-order valence-corrected chi connectivity index (χ1v) is 7.74. The zero-order valence-corrected chi connectivity index (χ0v) is 12.9. The number of hydrogen-bond acceptors (Lipinski definition) is 4. The summed E-state index contributed by atoms with van der Waals surface area (Å²) in [5, 5.41) is 9.06. The molecule has 2 rings (SSSR count). The highest BCUT2D eigenvalue weighted by atomic mass is 32.2. The van der Waals surface area contributed by atoms with E-state index in [4.69, 9.17) is 0 Å². The van der Waals surface area contributed by atoms with Crippen molar-refractivity contribution in [2.75, 3.05) is 5.75 Å². The Hall–Kier alpha value is -1.76. The molecule has 114 valence electrons. The van der Waals surface area contributed by atoms with Crippen molar-refractivity contribution in [1.29, 1.82) is 0 Å². The average molecular weight is 310 g/mol. The van der Waals surface area contributed by atoms with Gasteiger partial charge in [0.2, 0.25) is 0 Å². The molecule has 0 aliphatic carbocycles. The molecule has 0 aromatic carbocycles. The lowest BCUT2D eigenvalue weighted by Gasteiger charge is -2.29. The Kier molecular flexibility index (Phi) is 4.41. The van der Waals surface area contributed by atoms with Gasteiger partial charge in [-0.2, -0.15) is 0 Å². The van der Waals surface area contributed by atoms with Crippen molar-refractivity contribution in [3.05, 3.63) is 33.7 Å². The van der Waals surface area contributed by atoms with Gasteiger partial charge in [0.25, 0.3) is 5.91 Å². The first-order chi connectivity index (χ1) is 9.82. The van der Waals surface area contributed by atoms with Gasteiger partial charge in [-0.05, 0) is 12.8 Å². The van der Waals surface area contributed by atoms with E-state index in [0.717, 1.165) is 0 Å². The third kappa shape index (κ3) is 2.97. The standard InChI is InChI=1S/C14H18N2O4S/c1-7(2)13-16(10(6-21-13)14(19)20)12(18)9-5-15-8(3)4-11(9)17/h4-5,7,10,13H,6H2,1-3H3,(H,15,17)(H,19,20). The van der Waals surface area contributed by atoms with Gasteiger partial charge in [0.05, 0.1) is 5.37 Å². The molecule has 2 unspecified atom stereocenters. The summed E-state index contributed by atoms with van der Waals surface area (Å²) in [5.74, 6) is -1.11. The normalized spacial score (nSPS) is 21.8. The van der Waals surface area contributed by atoms with Crippen molar-refractivity contribution in [3.8, 4) is 0 Å². The van der Waals surface area contributed by atoms with Gasteiger partial charge in [0.15, 0.2) is 5.43 Å². The molecule has 1 saturated heterocycles. The molecule has 0 radical (unpaired) electrons. The zero-order valence-electron chi connectivity index (χ0n) is 12.1. The van der Waals surface area contributed by atoms with E-state index < -0.39 is 17.9 Å². The van der Waals surface area contributed by atoms with E-state index >= 15 is 0 Å². The highest BCUT2D eigenvalue weighted by Crippen LogP contribution is 2.34. The van der Waals surface area contributed by atoms with Crippen LogP contribution in [0.25, 0.3) is 0 Å². The molecule has 2 heterocycles. The van der Waals surface area contributed by atoms with Crippen LogP contribution in [0.3, 0.4) is 0 Å². The number of aromatic nitrogens is 1. The minimum Gasteiger partial charge on any atom is -0.480 e. The minimum absolute atomic E-state index is 0.0139. The first kappa shape index (κ1) is 15.6. The van der Waals surface area contributed by atoms with Crippen LogP contribution >= 0.6 is 11.8 Å². The predicted octanol–water partition coefficient (Wildman–Crippen LogP) is 1.31. The molecule has 1 aromatic rings. The van der Waals surface area contributed by atoms with Crippen LogP contribution in [0, 0.1) is 12.8 Å². The summed E-state index contributed by atoms with van der Waals surface area (Å²) in [4.78, 5) is 40.1. The summed E-state index contributed by atoms with van der Waals surface area (Å²) in [6.45, 7) is 5.58. The maximum absolute atomic E-state index is 12.6. The number of amides is 1. The molecule has 1 aliphatic rings. The molecule has 7 heteroatoms. The largest absolute Gasteiger partial charge is 0.480 e. The third-order valence-corrected chi connectivity index (χ3v) is 5.03. The van der Waals surface area contributed by atoms with Crippen LogP contribution < -0.4 is 5.43 Å². The number of carboxylic acid groups (broad SMARTS) is 1. The number of carbonyl (C=O) groups excluding carboxylic acids is 1. The van der Waals surface area contributed by atoms with Gasteiger partial charge in [-0.3, -0.25) is 9.59 Å². The van der Waals surface area contributed by atoms with Crippen LogP contribution in [0.2, 0.25) is 0 Å². The lowest BCUT2D eigenvalue weighted by Crippen LogP contribution is -2.48. The number of thioether (sulfide) groups is 1. The van der Waals surface area contributed by atoms with Crippen LogP contribution in [0.15, 0.2) is 17.1 Å². The number of nitrogens with zero attached hydrogens (tertiary/aromatic N) is 1. The minimum atomic E-state index is -1.04. The van der Waals surface area contributed by atoms with Crippen molar-refractivity contribution in [2.45, 2.75) is 32.2 Å². The lowest BCUT2D eigenvalue weighted by molar-refractivity contribution is -0.141. The number of aryl methyl sites for hydroxylation is 1. The third-order valence-electron chi connectivity index (χ3n) is 3.41. The van der Waals surface area contributed by atoms with Crippen LogP contribution in [0.5, 0.6) is 0 Å². The van der Waals surface area contributed by atoms with Crippen molar-refractivity contribution in [1.82, 2.24) is 9.88 Å². The van der Waals surface area contributed by atoms with Crippen LogP contribution in [-0.4, -0.2) is 44.0 Å². The van der Waals surface area contributed by atoms with Crippen molar-refractivity contribution >= 4 is 23.6 Å². The Bertz CT molecular complexity index is 626. The molecule has 1 aliphatic heterocycles. The monoisotopic (exact) mass is 310 g/mol. The Morgan fingerprint density at radius 2 is 2.14 bits per heavy atom. The van der Waals surface area contributed by atoms with Crippen molar-refractivity contribution < 1.29 is 14.7 Å². The van der Waals surface area contributed by atoms with E-state index in [0.29, 0.717) is 11.4 Å². The number of aliphatic carboxylic acids is 1. The fraction of sp³-hybridized carbons (Fsp3) is 0.500. The second kappa shape index (κ2) is 5.93. The molecule has 21 heavy (non-hydrogen) atoms. The average Bonchev–Trinajstić information content (AvgIpc) is 2.82. The summed E-state index contributed by atoms with van der Waals surface area (Å²) in [7, 11) is 0. The molecule has 6 nitrogen and oxygen atoms in total. The Morgan fingerprint density at radius 3 is 2.67 bits per heavy atom. The number of nitrogens with one attached hydrogen (secondary N) is 1. The topological polar surface area (TPSA) is 90.5 Å². The van der Waals surface area contributed by atoms with Crippen molar-refractivity contribution in [3.63, 3.8) is 0 Å². The number of carboxylic acids is 1. The molecule has 0 saturated carbocycles. The molecular weight excluding hydrogens is 292 g/mol. The molecular formula is C14H18N2O4S. The van der Waals surface area contributed by atoms with E-state index in [9.17, 15) is 19.5 Å². The predicted molar refractivity (Wildman–Crippen MR) is 80.5 cm³/mol. The fourth-order valence-electron chi connectivity index (χ4n) is 2.37. The molecule has 1 fully saturated rings. The molecule has 1 amide bonds. The van der Waals surface area contributed by atoms with Gasteiger partial charge in [0.1, 0.15) is 11.6 Å². The number of pyridine rings is 1. The maximum atomic E-state index is 12.6. The summed E-state index contributed by atoms with van der Waals surface area (Å²) in [5.41, 5.74) is 0.252. The van der Waals surface area contributed by atoms with E-state index in [1.807, 2.05) is 13.8 Å². The maximum Gasteiger partial charge on any atom is 0.327 e. The highest BCUT2D eigenvalue weighted by molar-refractivity contribution is 8.00. The highest BCUT2D eigenvalue weighted by Gasteiger charge is 2.43. The lowest BCUT2D eigenvalue weighted by atomic mass is 10.1. The smallest absolute Gasteiger partial charge is 0.327 e. The Morgan fingerprint density at radius 1 is 1.48 bits per heavy atom. The van der Waals surface area contributed by atoms with Gasteiger partial charge < -0.3 is 15.0 Å². The van der Waals surface area contributed by atoms with Crippen LogP contribution in [0.4, 0.5) is 0 Å². The molecule has 0 bridgehead atoms. The van der Waals surface area contributed by atoms with Gasteiger partial charge in [-0.25, -0.2) is 4.79 Å². The molecule has 0 spiro atoms. The number of aromatic amines is 1. The van der Waals surface area contributed by atoms with E-state index in [1.165, 1.54) is 28.9 Å². The molecule has 1 aromatic heterocycles. The second-order valence-corrected chi connectivity index (χ2v) is 6.58. The first-order valence-electron chi connectivity index (χ1n) is 6.69. The summed E-state index contributed by atoms with van der Waals surface area (Å²) in [6.07, 6.45) is 1.36. The number of hydrogen-bond donors (Lipinski definition) is 2. The number of carbonyl (C=O) groups is 2. The van der Waals surface area contributed by atoms with Gasteiger partial charge in [-0.15, -0.1) is 11.8 Å². The summed E-state index contributed by atoms with van der Waals surface area (Å²) < 4.78 is 0. The van der Waals surface area contributed by atoms with Crippen LogP contribution in [-0.2, 0) is 4.79 Å². The number of H-pyrrole nitrogens is 1. The van der Waals surface area contributed by atoms with Gasteiger partial charge in [0, 0.05) is 23.7 Å². The quantitative estimate of drug-likeness (QED) is 0.878. The number of rotatable bonds is 3. The second-order valence-electron chi connectivity index (χ2n) is 5.43. The summed E-state index contributed by atoms with van der Waals surface area (Å²) >= 11 is 1.44. The van der Waals surface area contributed by atoms with Gasteiger partial charge >= 0.3 is 5.97 Å². The van der Waals surface area contributed by atoms with Crippen LogP contribution in [0.1, 0.15) is 29.9 Å². The zero-order chi connectivity index (χ0) is 15.7. The Labute approximate surface area is 126 Å². The SMILES string of the molecule is Cc1cc(=O)c(C(=O)N2C(C(=O)O)CSC2C(C)C)c[nH]1. The van der Waals surface area contributed by atoms with E-state index in [-0.39, 0.29) is 22.3 Å². The van der Waals surface area contributed by atoms with E-state index in [1.54, 1.807) is 6.92 Å². The summed E-state index contributed by atoms with van der Waals surface area (Å²) in [6, 6.07) is 0.451. The fourth-order valence-corrected chi connectivity index (χ4v) is 3.84. The van der Waals surface area contributed by atoms with E-state index in [2.05, 4.69) is 4.98 Å².